The molecule has 1 N–H and O–H groups in total. The minimum absolute atomic E-state index is 0.0247. The molecular formula is C13H12F3N3O3. The molecule has 22 heavy (non-hydrogen) atoms. The first-order valence-electron chi connectivity index (χ1n) is 6.34. The van der Waals surface area contributed by atoms with Crippen LogP contribution in [0.4, 0.5) is 13.2 Å². The van der Waals surface area contributed by atoms with Crippen LogP contribution in [-0.4, -0.2) is 32.7 Å². The molecule has 1 aromatic heterocycles. The summed E-state index contributed by atoms with van der Waals surface area (Å²) >= 11 is 0. The predicted molar refractivity (Wildman–Crippen MR) is 69.1 cm³/mol. The van der Waals surface area contributed by atoms with Crippen molar-refractivity contribution in [3.63, 3.8) is 0 Å². The number of aromatic nitrogens is 3. The van der Waals surface area contributed by atoms with Gasteiger partial charge in [0.25, 0.3) is 0 Å². The van der Waals surface area contributed by atoms with Gasteiger partial charge in [-0.2, -0.15) is 13.2 Å². The maximum absolute atomic E-state index is 13.2. The van der Waals surface area contributed by atoms with Gasteiger partial charge in [0, 0.05) is 0 Å². The van der Waals surface area contributed by atoms with Crippen LogP contribution in [0.15, 0.2) is 24.3 Å². The second-order valence-electron chi connectivity index (χ2n) is 4.32. The molecule has 0 unspecified atom stereocenters. The van der Waals surface area contributed by atoms with Gasteiger partial charge < -0.3 is 9.84 Å². The Labute approximate surface area is 123 Å². The highest BCUT2D eigenvalue weighted by atomic mass is 19.4. The summed E-state index contributed by atoms with van der Waals surface area (Å²) in [5.74, 6) is -1.64. The van der Waals surface area contributed by atoms with Gasteiger partial charge in [-0.05, 0) is 18.6 Å². The molecule has 0 fully saturated rings. The molecule has 9 heteroatoms. The van der Waals surface area contributed by atoms with Gasteiger partial charge >= 0.3 is 12.1 Å². The lowest BCUT2D eigenvalue weighted by atomic mass is 10.2. The summed E-state index contributed by atoms with van der Waals surface area (Å²) in [7, 11) is 0. The normalized spacial score (nSPS) is 11.5. The van der Waals surface area contributed by atoms with E-state index in [1.54, 1.807) is 6.07 Å². The summed E-state index contributed by atoms with van der Waals surface area (Å²) in [6.45, 7) is 2.15. The number of alkyl halides is 3. The maximum atomic E-state index is 13.2. The van der Waals surface area contributed by atoms with Crippen LogP contribution in [0.3, 0.4) is 0 Å². The fourth-order valence-electron chi connectivity index (χ4n) is 1.82. The topological polar surface area (TPSA) is 77.2 Å². The van der Waals surface area contributed by atoms with Crippen LogP contribution >= 0.6 is 0 Å². The summed E-state index contributed by atoms with van der Waals surface area (Å²) in [6.07, 6.45) is -4.26. The standard InChI is InChI=1S/C13H12F3N3O3/c1-2-7-22-9-6-4-3-5-8(9)19-11(13(14,15)16)10(12(20)21)17-18-19/h3-6H,2,7H2,1H3,(H,20,21). The largest absolute Gasteiger partial charge is 0.491 e. The van der Waals surface area contributed by atoms with Crippen LogP contribution in [0.5, 0.6) is 5.75 Å². The van der Waals surface area contributed by atoms with Crippen LogP contribution in [0.25, 0.3) is 5.69 Å². The highest BCUT2D eigenvalue weighted by molar-refractivity contribution is 5.86. The molecule has 0 aliphatic rings. The number of benzene rings is 1. The van der Waals surface area contributed by atoms with E-state index in [9.17, 15) is 18.0 Å². The number of hydrogen-bond acceptors (Lipinski definition) is 4. The average Bonchev–Trinajstić information content (AvgIpc) is 2.90. The van der Waals surface area contributed by atoms with E-state index in [-0.39, 0.29) is 11.4 Å². The third-order valence-electron chi connectivity index (χ3n) is 2.70. The van der Waals surface area contributed by atoms with Crippen molar-refractivity contribution in [1.29, 1.82) is 0 Å². The molecular weight excluding hydrogens is 303 g/mol. The van der Waals surface area contributed by atoms with Crippen LogP contribution in [0.1, 0.15) is 29.5 Å². The van der Waals surface area contributed by atoms with E-state index in [1.807, 2.05) is 6.92 Å². The number of ether oxygens (including phenoxy) is 1. The molecule has 6 nitrogen and oxygen atoms in total. The molecule has 0 radical (unpaired) electrons. The van der Waals surface area contributed by atoms with Crippen molar-refractivity contribution in [3.8, 4) is 11.4 Å². The van der Waals surface area contributed by atoms with Crippen molar-refractivity contribution in [2.75, 3.05) is 6.61 Å². The fraction of sp³-hybridized carbons (Fsp3) is 0.308. The van der Waals surface area contributed by atoms with Crippen molar-refractivity contribution >= 4 is 5.97 Å². The lowest BCUT2D eigenvalue weighted by Crippen LogP contribution is -2.18. The Kier molecular flexibility index (Phi) is 4.34. The molecule has 0 aliphatic carbocycles. The minimum atomic E-state index is -4.92. The maximum Gasteiger partial charge on any atom is 0.436 e. The van der Waals surface area contributed by atoms with Gasteiger partial charge in [0.05, 0.1) is 6.61 Å². The number of rotatable bonds is 5. The fourth-order valence-corrected chi connectivity index (χ4v) is 1.82. The predicted octanol–water partition coefficient (Wildman–Crippen LogP) is 2.77. The van der Waals surface area contributed by atoms with E-state index in [2.05, 4.69) is 10.3 Å². The van der Waals surface area contributed by atoms with Crippen molar-refractivity contribution < 1.29 is 27.8 Å². The van der Waals surface area contributed by atoms with Crippen molar-refractivity contribution in [3.05, 3.63) is 35.7 Å². The second kappa shape index (κ2) is 6.04. The van der Waals surface area contributed by atoms with Gasteiger partial charge in [0.2, 0.25) is 5.69 Å². The van der Waals surface area contributed by atoms with E-state index in [0.29, 0.717) is 17.7 Å². The Hall–Kier alpha value is -2.58. The molecule has 0 saturated heterocycles. The first-order valence-corrected chi connectivity index (χ1v) is 6.34. The molecule has 0 atom stereocenters. The van der Waals surface area contributed by atoms with Crippen LogP contribution in [-0.2, 0) is 6.18 Å². The van der Waals surface area contributed by atoms with Gasteiger partial charge in [0.1, 0.15) is 11.4 Å². The lowest BCUT2D eigenvalue weighted by molar-refractivity contribution is -0.143. The summed E-state index contributed by atoms with van der Waals surface area (Å²) in [5, 5.41) is 15.3. The monoisotopic (exact) mass is 315 g/mol. The summed E-state index contributed by atoms with van der Waals surface area (Å²) in [4.78, 5) is 10.9. The zero-order valence-electron chi connectivity index (χ0n) is 11.5. The Balaban J connectivity index is 2.61. The molecule has 118 valence electrons. The number of para-hydroxylation sites is 2. The molecule has 1 aromatic carbocycles. The summed E-state index contributed by atoms with van der Waals surface area (Å²) in [6, 6.07) is 5.92. The van der Waals surface area contributed by atoms with Gasteiger partial charge in [-0.25, -0.2) is 9.48 Å². The number of nitrogens with zero attached hydrogens (tertiary/aromatic N) is 3. The SMILES string of the molecule is CCCOc1ccccc1-n1nnc(C(=O)O)c1C(F)(F)F. The van der Waals surface area contributed by atoms with Crippen LogP contribution < -0.4 is 4.74 Å². The highest BCUT2D eigenvalue weighted by Gasteiger charge is 2.42. The Morgan fingerprint density at radius 3 is 2.64 bits per heavy atom. The smallest absolute Gasteiger partial charge is 0.436 e. The number of hydrogen-bond donors (Lipinski definition) is 1. The van der Waals surface area contributed by atoms with E-state index < -0.39 is 23.5 Å². The van der Waals surface area contributed by atoms with Crippen molar-refractivity contribution in [1.82, 2.24) is 15.0 Å². The van der Waals surface area contributed by atoms with E-state index in [4.69, 9.17) is 9.84 Å². The van der Waals surface area contributed by atoms with Gasteiger partial charge in [-0.1, -0.05) is 24.3 Å². The summed E-state index contributed by atoms with van der Waals surface area (Å²) < 4.78 is 45.3. The quantitative estimate of drug-likeness (QED) is 0.918. The minimum Gasteiger partial charge on any atom is -0.491 e. The number of aromatic carboxylic acids is 1. The van der Waals surface area contributed by atoms with Crippen LogP contribution in [0.2, 0.25) is 0 Å². The zero-order chi connectivity index (χ0) is 16.3. The molecule has 2 rings (SSSR count). The average molecular weight is 315 g/mol. The summed E-state index contributed by atoms with van der Waals surface area (Å²) in [5.41, 5.74) is -2.63. The second-order valence-corrected chi connectivity index (χ2v) is 4.32. The molecule has 2 aromatic rings. The van der Waals surface area contributed by atoms with Gasteiger partial charge in [-0.3, -0.25) is 0 Å². The van der Waals surface area contributed by atoms with E-state index in [0.717, 1.165) is 0 Å². The van der Waals surface area contributed by atoms with E-state index in [1.165, 1.54) is 18.2 Å². The van der Waals surface area contributed by atoms with Crippen molar-refractivity contribution in [2.24, 2.45) is 0 Å². The Morgan fingerprint density at radius 2 is 2.05 bits per heavy atom. The number of carboxylic acid groups (broad SMARTS) is 1. The first-order chi connectivity index (χ1) is 10.4. The van der Waals surface area contributed by atoms with Crippen LogP contribution in [0, 0.1) is 0 Å². The van der Waals surface area contributed by atoms with Gasteiger partial charge in [-0.15, -0.1) is 5.10 Å². The molecule has 0 saturated carbocycles. The van der Waals surface area contributed by atoms with Gasteiger partial charge in [0.15, 0.2) is 5.69 Å². The molecule has 0 aliphatic heterocycles. The molecule has 1 heterocycles. The number of carboxylic acids is 1. The van der Waals surface area contributed by atoms with Crippen molar-refractivity contribution in [2.45, 2.75) is 19.5 Å². The Bertz CT molecular complexity index is 683. The number of carbonyl (C=O) groups is 1. The Morgan fingerprint density at radius 1 is 1.36 bits per heavy atom. The molecule has 0 amide bonds. The third kappa shape index (κ3) is 3.02. The first kappa shape index (κ1) is 15.8. The number of halogens is 3. The lowest BCUT2D eigenvalue weighted by Gasteiger charge is -2.14. The molecule has 0 bridgehead atoms. The zero-order valence-corrected chi connectivity index (χ0v) is 11.5. The molecule has 0 spiro atoms. The highest BCUT2D eigenvalue weighted by Crippen LogP contribution is 2.34. The van der Waals surface area contributed by atoms with E-state index >= 15 is 0 Å². The third-order valence-corrected chi connectivity index (χ3v) is 2.70.